The molecule has 0 heterocycles. The van der Waals surface area contributed by atoms with E-state index in [1.807, 2.05) is 31.2 Å². The molecule has 0 aromatic heterocycles. The summed E-state index contributed by atoms with van der Waals surface area (Å²) in [5.41, 5.74) is 4.82. The van der Waals surface area contributed by atoms with Crippen molar-refractivity contribution in [2.75, 3.05) is 34.0 Å². The Hall–Kier alpha value is -3.42. The van der Waals surface area contributed by atoms with Gasteiger partial charge in [-0.3, -0.25) is 0 Å². The minimum Gasteiger partial charge on any atom is -0.493 e. The molecular weight excluding hydrogens is 388 g/mol. The lowest BCUT2D eigenvalue weighted by molar-refractivity contribution is -0.145. The van der Waals surface area contributed by atoms with Crippen molar-refractivity contribution in [3.8, 4) is 23.0 Å². The van der Waals surface area contributed by atoms with E-state index in [0.717, 1.165) is 11.1 Å². The fourth-order valence-corrected chi connectivity index (χ4v) is 2.58. The molecule has 0 saturated carbocycles. The van der Waals surface area contributed by atoms with Crippen molar-refractivity contribution in [3.63, 3.8) is 0 Å². The average molecular weight is 416 g/mol. The number of carbonyl (C=O) groups excluding carboxylic acids is 1. The molecule has 0 aliphatic rings. The van der Waals surface area contributed by atoms with Gasteiger partial charge in [0.25, 0.3) is 0 Å². The molecule has 2 aromatic carbocycles. The van der Waals surface area contributed by atoms with Gasteiger partial charge in [0.15, 0.2) is 29.6 Å². The van der Waals surface area contributed by atoms with Crippen molar-refractivity contribution >= 4 is 12.2 Å². The van der Waals surface area contributed by atoms with E-state index in [1.54, 1.807) is 39.5 Å². The van der Waals surface area contributed by atoms with E-state index >= 15 is 0 Å². The summed E-state index contributed by atoms with van der Waals surface area (Å²) in [4.78, 5) is 11.5. The standard InChI is InChI=1S/C22H28N2O6/c1-5-28-21-12-17(8-10-19(21)30-15-22(25)29-6-2)14-24-23-13-16-7-9-18(26-3)20(11-16)27-4/h7-12,14,23H,5-6,13,15H2,1-4H3/b24-14+. The summed E-state index contributed by atoms with van der Waals surface area (Å²) in [5.74, 6) is 1.93. The highest BCUT2D eigenvalue weighted by Gasteiger charge is 2.09. The first-order chi connectivity index (χ1) is 14.6. The number of ether oxygens (including phenoxy) is 5. The highest BCUT2D eigenvalue weighted by Crippen LogP contribution is 2.28. The number of esters is 1. The predicted molar refractivity (Wildman–Crippen MR) is 114 cm³/mol. The van der Waals surface area contributed by atoms with E-state index in [2.05, 4.69) is 10.5 Å². The molecule has 0 unspecified atom stereocenters. The number of rotatable bonds is 12. The smallest absolute Gasteiger partial charge is 0.344 e. The third-order valence-electron chi connectivity index (χ3n) is 3.95. The Morgan fingerprint density at radius 3 is 2.40 bits per heavy atom. The van der Waals surface area contributed by atoms with Crippen LogP contribution < -0.4 is 24.4 Å². The first-order valence-electron chi connectivity index (χ1n) is 9.63. The van der Waals surface area contributed by atoms with Crippen LogP contribution in [0.2, 0.25) is 0 Å². The molecule has 0 radical (unpaired) electrons. The van der Waals surface area contributed by atoms with Gasteiger partial charge in [-0.1, -0.05) is 6.07 Å². The summed E-state index contributed by atoms with van der Waals surface area (Å²) in [6.45, 7) is 4.75. The van der Waals surface area contributed by atoms with E-state index in [4.69, 9.17) is 23.7 Å². The maximum Gasteiger partial charge on any atom is 0.344 e. The van der Waals surface area contributed by atoms with Crippen molar-refractivity contribution in [1.29, 1.82) is 0 Å². The molecule has 0 bridgehead atoms. The molecular formula is C22H28N2O6. The SMILES string of the molecule is CCOC(=O)COc1ccc(/C=N/NCc2ccc(OC)c(OC)c2)cc1OCC. The van der Waals surface area contributed by atoms with E-state index in [0.29, 0.717) is 42.8 Å². The number of carbonyl (C=O) groups is 1. The predicted octanol–water partition coefficient (Wildman–Crippen LogP) is 3.17. The van der Waals surface area contributed by atoms with Crippen molar-refractivity contribution < 1.29 is 28.5 Å². The second kappa shape index (κ2) is 12.2. The lowest BCUT2D eigenvalue weighted by Gasteiger charge is -2.12. The monoisotopic (exact) mass is 416 g/mol. The molecule has 2 rings (SSSR count). The van der Waals surface area contributed by atoms with Gasteiger partial charge in [-0.05, 0) is 55.3 Å². The van der Waals surface area contributed by atoms with Gasteiger partial charge >= 0.3 is 5.97 Å². The van der Waals surface area contributed by atoms with Crippen LogP contribution in [0, 0.1) is 0 Å². The van der Waals surface area contributed by atoms with Gasteiger partial charge in [-0.15, -0.1) is 0 Å². The Morgan fingerprint density at radius 2 is 1.70 bits per heavy atom. The van der Waals surface area contributed by atoms with E-state index < -0.39 is 5.97 Å². The summed E-state index contributed by atoms with van der Waals surface area (Å²) in [6.07, 6.45) is 1.68. The number of hydrazone groups is 1. The normalized spacial score (nSPS) is 10.5. The molecule has 30 heavy (non-hydrogen) atoms. The third-order valence-corrected chi connectivity index (χ3v) is 3.95. The molecule has 1 N–H and O–H groups in total. The van der Waals surface area contributed by atoms with Crippen LogP contribution in [0.15, 0.2) is 41.5 Å². The molecule has 8 heteroatoms. The van der Waals surface area contributed by atoms with Gasteiger partial charge < -0.3 is 29.1 Å². The Labute approximate surface area is 176 Å². The molecule has 162 valence electrons. The van der Waals surface area contributed by atoms with Gasteiger partial charge in [0.2, 0.25) is 0 Å². The molecule has 0 aliphatic heterocycles. The van der Waals surface area contributed by atoms with Crippen LogP contribution in [0.5, 0.6) is 23.0 Å². The third kappa shape index (κ3) is 6.88. The topological polar surface area (TPSA) is 87.6 Å². The van der Waals surface area contributed by atoms with Crippen LogP contribution in [0.1, 0.15) is 25.0 Å². The fourth-order valence-electron chi connectivity index (χ4n) is 2.58. The van der Waals surface area contributed by atoms with E-state index in [-0.39, 0.29) is 6.61 Å². The summed E-state index contributed by atoms with van der Waals surface area (Å²) in [5, 5.41) is 4.25. The fraction of sp³-hybridized carbons (Fsp3) is 0.364. The van der Waals surface area contributed by atoms with E-state index in [9.17, 15) is 4.79 Å². The molecule has 0 fully saturated rings. The number of methoxy groups -OCH3 is 2. The molecule has 8 nitrogen and oxygen atoms in total. The zero-order valence-electron chi connectivity index (χ0n) is 17.8. The highest BCUT2D eigenvalue weighted by molar-refractivity contribution is 5.80. The summed E-state index contributed by atoms with van der Waals surface area (Å²) < 4.78 is 26.5. The van der Waals surface area contributed by atoms with Crippen molar-refractivity contribution in [1.82, 2.24) is 5.43 Å². The first kappa shape index (κ1) is 22.9. The summed E-state index contributed by atoms with van der Waals surface area (Å²) >= 11 is 0. The molecule has 0 spiro atoms. The number of hydrogen-bond acceptors (Lipinski definition) is 8. The van der Waals surface area contributed by atoms with Gasteiger partial charge in [-0.2, -0.15) is 5.10 Å². The number of benzene rings is 2. The molecule has 0 aliphatic carbocycles. The second-order valence-corrected chi connectivity index (χ2v) is 6.02. The zero-order valence-corrected chi connectivity index (χ0v) is 17.8. The lowest BCUT2D eigenvalue weighted by Crippen LogP contribution is -2.15. The highest BCUT2D eigenvalue weighted by atomic mass is 16.6. The molecule has 0 atom stereocenters. The van der Waals surface area contributed by atoms with Crippen molar-refractivity contribution in [2.45, 2.75) is 20.4 Å². The molecule has 0 amide bonds. The lowest BCUT2D eigenvalue weighted by atomic mass is 10.2. The average Bonchev–Trinajstić information content (AvgIpc) is 2.76. The largest absolute Gasteiger partial charge is 0.493 e. The van der Waals surface area contributed by atoms with Crippen LogP contribution in [-0.2, 0) is 16.1 Å². The maximum atomic E-state index is 11.5. The Balaban J connectivity index is 1.97. The van der Waals surface area contributed by atoms with Crippen molar-refractivity contribution in [3.05, 3.63) is 47.5 Å². The minimum absolute atomic E-state index is 0.172. The zero-order chi connectivity index (χ0) is 21.8. The quantitative estimate of drug-likeness (QED) is 0.323. The number of nitrogens with zero attached hydrogens (tertiary/aromatic N) is 1. The maximum absolute atomic E-state index is 11.5. The van der Waals surface area contributed by atoms with Gasteiger partial charge in [0, 0.05) is 0 Å². The summed E-state index contributed by atoms with van der Waals surface area (Å²) in [6, 6.07) is 11.0. The van der Waals surface area contributed by atoms with Crippen LogP contribution in [0.4, 0.5) is 0 Å². The van der Waals surface area contributed by atoms with Gasteiger partial charge in [0.1, 0.15) is 0 Å². The minimum atomic E-state index is -0.426. The second-order valence-electron chi connectivity index (χ2n) is 6.02. The molecule has 0 saturated heterocycles. The summed E-state index contributed by atoms with van der Waals surface area (Å²) in [7, 11) is 3.20. The van der Waals surface area contributed by atoms with Gasteiger partial charge in [0.05, 0.1) is 40.2 Å². The van der Waals surface area contributed by atoms with Crippen molar-refractivity contribution in [2.24, 2.45) is 5.10 Å². The van der Waals surface area contributed by atoms with Crippen LogP contribution in [0.3, 0.4) is 0 Å². The first-order valence-corrected chi connectivity index (χ1v) is 9.63. The Bertz CT molecular complexity index is 854. The van der Waals surface area contributed by atoms with Crippen LogP contribution in [-0.4, -0.2) is 46.2 Å². The van der Waals surface area contributed by atoms with Crippen LogP contribution >= 0.6 is 0 Å². The van der Waals surface area contributed by atoms with E-state index in [1.165, 1.54) is 0 Å². The molecule has 2 aromatic rings. The van der Waals surface area contributed by atoms with Gasteiger partial charge in [-0.25, -0.2) is 4.79 Å². The number of nitrogens with one attached hydrogen (secondary N) is 1. The number of hydrogen-bond donors (Lipinski definition) is 1. The Kier molecular flexibility index (Phi) is 9.30. The van der Waals surface area contributed by atoms with Crippen LogP contribution in [0.25, 0.3) is 0 Å². The Morgan fingerprint density at radius 1 is 0.933 bits per heavy atom.